The molecule has 0 N–H and O–H groups in total. The van der Waals surface area contributed by atoms with Crippen LogP contribution in [0.4, 0.5) is 0 Å². The van der Waals surface area contributed by atoms with Gasteiger partial charge in [-0.3, -0.25) is 4.79 Å². The molecular weight excluding hydrogens is 344 g/mol. The van der Waals surface area contributed by atoms with Gasteiger partial charge in [-0.25, -0.2) is 8.42 Å². The van der Waals surface area contributed by atoms with Crippen LogP contribution in [-0.4, -0.2) is 53.2 Å². The molecule has 2 saturated carbocycles. The van der Waals surface area contributed by atoms with Crippen LogP contribution in [0.3, 0.4) is 0 Å². The third-order valence-electron chi connectivity index (χ3n) is 6.40. The van der Waals surface area contributed by atoms with Crippen LogP contribution in [0.15, 0.2) is 4.99 Å². The monoisotopic (exact) mass is 370 g/mol. The first-order chi connectivity index (χ1) is 11.4. The lowest BCUT2D eigenvalue weighted by molar-refractivity contribution is -0.121. The van der Waals surface area contributed by atoms with Gasteiger partial charge in [-0.2, -0.15) is 4.99 Å². The summed E-state index contributed by atoms with van der Waals surface area (Å²) < 4.78 is 24.2. The second-order valence-electron chi connectivity index (χ2n) is 7.99. The van der Waals surface area contributed by atoms with Crippen LogP contribution >= 0.6 is 11.8 Å². The topological polar surface area (TPSA) is 66.8 Å². The van der Waals surface area contributed by atoms with Crippen LogP contribution in [0.1, 0.15) is 46.0 Å². The zero-order valence-electron chi connectivity index (χ0n) is 14.3. The summed E-state index contributed by atoms with van der Waals surface area (Å²) in [6, 6.07) is 0.413. The first kappa shape index (κ1) is 16.9. The minimum atomic E-state index is -2.96. The van der Waals surface area contributed by atoms with E-state index in [0.29, 0.717) is 12.0 Å². The molecule has 7 heteroatoms. The van der Waals surface area contributed by atoms with Crippen molar-refractivity contribution in [2.45, 2.75) is 63.3 Å². The molecule has 2 aliphatic heterocycles. The summed E-state index contributed by atoms with van der Waals surface area (Å²) in [5.74, 6) is 1.78. The molecule has 2 bridgehead atoms. The molecule has 0 spiro atoms. The van der Waals surface area contributed by atoms with E-state index in [4.69, 9.17) is 0 Å². The van der Waals surface area contributed by atoms with Crippen molar-refractivity contribution >= 4 is 32.7 Å². The van der Waals surface area contributed by atoms with Crippen molar-refractivity contribution in [2.24, 2.45) is 22.7 Å². The van der Waals surface area contributed by atoms with E-state index >= 15 is 0 Å². The fourth-order valence-corrected chi connectivity index (χ4v) is 8.89. The maximum atomic E-state index is 12.4. The summed E-state index contributed by atoms with van der Waals surface area (Å²) in [5.41, 5.74) is 0. The van der Waals surface area contributed by atoms with E-state index in [0.717, 1.165) is 23.9 Å². The van der Waals surface area contributed by atoms with Gasteiger partial charge in [-0.05, 0) is 37.5 Å². The smallest absolute Gasteiger partial charge is 0.250 e. The number of hydrogen-bond acceptors (Lipinski definition) is 4. The Hall–Kier alpha value is -0.560. The molecule has 0 aromatic heterocycles. The predicted molar refractivity (Wildman–Crippen MR) is 96.8 cm³/mol. The number of aliphatic imine (C=N–C) groups is 1. The molecule has 0 aromatic carbocycles. The van der Waals surface area contributed by atoms with Crippen LogP contribution < -0.4 is 0 Å². The molecule has 5 nitrogen and oxygen atoms in total. The highest BCUT2D eigenvalue weighted by atomic mass is 32.2. The molecule has 2 saturated heterocycles. The van der Waals surface area contributed by atoms with Crippen LogP contribution in [0.2, 0.25) is 0 Å². The van der Waals surface area contributed by atoms with E-state index in [1.165, 1.54) is 31.0 Å². The van der Waals surface area contributed by atoms with Gasteiger partial charge in [-0.15, -0.1) is 0 Å². The second-order valence-corrected chi connectivity index (χ2v) is 11.4. The van der Waals surface area contributed by atoms with Gasteiger partial charge in [-0.1, -0.05) is 32.0 Å². The highest BCUT2D eigenvalue weighted by molar-refractivity contribution is 8.15. The number of rotatable bonds is 3. The summed E-state index contributed by atoms with van der Waals surface area (Å²) in [7, 11) is -2.96. The number of nitrogens with zero attached hydrogens (tertiary/aromatic N) is 2. The first-order valence-corrected chi connectivity index (χ1v) is 11.9. The molecule has 4 rings (SSSR count). The fourth-order valence-electron chi connectivity index (χ4n) is 4.91. The maximum absolute atomic E-state index is 12.4. The van der Waals surface area contributed by atoms with E-state index < -0.39 is 9.84 Å². The van der Waals surface area contributed by atoms with E-state index in [-0.39, 0.29) is 34.6 Å². The molecule has 4 aliphatic rings. The number of carbonyl (C=O) groups excluding carboxylic acids is 1. The van der Waals surface area contributed by atoms with Gasteiger partial charge in [0, 0.05) is 17.2 Å². The van der Waals surface area contributed by atoms with E-state index in [2.05, 4.69) is 9.89 Å². The van der Waals surface area contributed by atoms with Gasteiger partial charge in [0.25, 0.3) is 5.91 Å². The van der Waals surface area contributed by atoms with E-state index in [1.807, 2.05) is 13.8 Å². The van der Waals surface area contributed by atoms with Crippen molar-refractivity contribution in [3.8, 4) is 0 Å². The quantitative estimate of drug-likeness (QED) is 0.763. The predicted octanol–water partition coefficient (Wildman–Crippen LogP) is 2.32. The Morgan fingerprint density at radius 3 is 2.71 bits per heavy atom. The van der Waals surface area contributed by atoms with Crippen LogP contribution in [0.25, 0.3) is 0 Å². The Balaban J connectivity index is 1.64. The second kappa shape index (κ2) is 6.01. The Morgan fingerprint density at radius 2 is 2.08 bits per heavy atom. The Kier molecular flexibility index (Phi) is 4.23. The van der Waals surface area contributed by atoms with Gasteiger partial charge in [0.05, 0.1) is 17.5 Å². The standard InChI is InChI=1S/C17H26N2O3S2/c1-3-10(2)16(20)18-17-19(13-7-11-4-5-12(13)6-11)14-8-24(21,22)9-15(14)23-17/h10-15H,3-9H2,1-2H3/t10-,11+,12+,13+,14-,15-/m0/s1. The molecule has 2 heterocycles. The highest BCUT2D eigenvalue weighted by Gasteiger charge is 2.54. The molecule has 6 atom stereocenters. The van der Waals surface area contributed by atoms with Gasteiger partial charge in [0.1, 0.15) is 0 Å². The Morgan fingerprint density at radius 1 is 1.29 bits per heavy atom. The third-order valence-corrected chi connectivity index (χ3v) is 9.63. The average molecular weight is 371 g/mol. The number of carbonyl (C=O) groups is 1. The van der Waals surface area contributed by atoms with E-state index in [9.17, 15) is 13.2 Å². The largest absolute Gasteiger partial charge is 0.343 e. The van der Waals surface area contributed by atoms with Crippen molar-refractivity contribution in [3.05, 3.63) is 0 Å². The zero-order chi connectivity index (χ0) is 17.1. The fraction of sp³-hybridized carbons (Fsp3) is 0.882. The molecule has 4 fully saturated rings. The van der Waals surface area contributed by atoms with Crippen molar-refractivity contribution in [1.82, 2.24) is 4.90 Å². The summed E-state index contributed by atoms with van der Waals surface area (Å²) in [6.45, 7) is 3.92. The minimum Gasteiger partial charge on any atom is -0.343 e. The van der Waals surface area contributed by atoms with Crippen molar-refractivity contribution in [2.75, 3.05) is 11.5 Å². The van der Waals surface area contributed by atoms with Crippen LogP contribution in [-0.2, 0) is 14.6 Å². The maximum Gasteiger partial charge on any atom is 0.250 e. The molecule has 0 radical (unpaired) electrons. The van der Waals surface area contributed by atoms with Gasteiger partial charge in [0.2, 0.25) is 0 Å². The lowest BCUT2D eigenvalue weighted by Crippen LogP contribution is -2.47. The lowest BCUT2D eigenvalue weighted by atomic mass is 9.93. The normalized spacial score (nSPS) is 42.7. The zero-order valence-corrected chi connectivity index (χ0v) is 16.0. The van der Waals surface area contributed by atoms with Crippen molar-refractivity contribution in [3.63, 3.8) is 0 Å². The molecule has 24 heavy (non-hydrogen) atoms. The van der Waals surface area contributed by atoms with Crippen LogP contribution in [0, 0.1) is 17.8 Å². The van der Waals surface area contributed by atoms with Gasteiger partial charge >= 0.3 is 0 Å². The molecule has 2 aliphatic carbocycles. The third kappa shape index (κ3) is 2.81. The number of hydrogen-bond donors (Lipinski definition) is 0. The Labute approximate surface area is 148 Å². The lowest BCUT2D eigenvalue weighted by Gasteiger charge is -2.36. The molecule has 0 unspecified atom stereocenters. The SMILES string of the molecule is CC[C@H](C)C(=O)N=C1S[C@H]2CS(=O)(=O)C[C@@H]2N1[C@@H]1C[C@@H]2CC[C@@H]1C2. The van der Waals surface area contributed by atoms with Gasteiger partial charge in [0.15, 0.2) is 15.0 Å². The summed E-state index contributed by atoms with van der Waals surface area (Å²) in [5, 5.41) is 0.861. The first-order valence-electron chi connectivity index (χ1n) is 9.16. The number of sulfone groups is 1. The number of amides is 1. The summed E-state index contributed by atoms with van der Waals surface area (Å²) in [6.07, 6.45) is 5.75. The summed E-state index contributed by atoms with van der Waals surface area (Å²) in [4.78, 5) is 19.1. The molecule has 134 valence electrons. The number of amidine groups is 1. The minimum absolute atomic E-state index is 0.0211. The number of fused-ring (bicyclic) bond motifs is 3. The molecular formula is C17H26N2O3S2. The van der Waals surface area contributed by atoms with E-state index in [1.54, 1.807) is 0 Å². The molecule has 0 aromatic rings. The van der Waals surface area contributed by atoms with Gasteiger partial charge < -0.3 is 4.90 Å². The Bertz CT molecular complexity index is 675. The van der Waals surface area contributed by atoms with Crippen molar-refractivity contribution in [1.29, 1.82) is 0 Å². The van der Waals surface area contributed by atoms with Crippen molar-refractivity contribution < 1.29 is 13.2 Å². The molecule has 1 amide bonds. The number of thioether (sulfide) groups is 1. The summed E-state index contributed by atoms with van der Waals surface area (Å²) >= 11 is 1.54. The average Bonchev–Trinajstić information content (AvgIpc) is 3.25. The van der Waals surface area contributed by atoms with Crippen LogP contribution in [0.5, 0.6) is 0 Å². The highest BCUT2D eigenvalue weighted by Crippen LogP contribution is 2.51.